The van der Waals surface area contributed by atoms with E-state index in [4.69, 9.17) is 13.8 Å². The van der Waals surface area contributed by atoms with E-state index in [0.717, 1.165) is 96.3 Å². The van der Waals surface area contributed by atoms with Crippen molar-refractivity contribution in [3.8, 4) is 0 Å². The van der Waals surface area contributed by atoms with Crippen LogP contribution in [0.4, 0.5) is 0 Å². The Bertz CT molecular complexity index is 1280. The fourth-order valence-corrected chi connectivity index (χ4v) is 6.44. The van der Waals surface area contributed by atoms with Gasteiger partial charge in [0, 0.05) is 12.8 Å². The highest BCUT2D eigenvalue weighted by molar-refractivity contribution is 7.47. The summed E-state index contributed by atoms with van der Waals surface area (Å²) in [5.74, 6) is -2.42. The summed E-state index contributed by atoms with van der Waals surface area (Å²) in [6.45, 7) is 2.48. The summed E-state index contributed by atoms with van der Waals surface area (Å²) in [5.41, 5.74) is 0. The Balaban J connectivity index is 3.97. The molecule has 0 aliphatic rings. The van der Waals surface area contributed by atoms with E-state index in [1.165, 1.54) is 38.5 Å². The topological polar surface area (TPSA) is 169 Å². The zero-order chi connectivity index (χ0) is 43.5. The maximum atomic E-state index is 12.3. The van der Waals surface area contributed by atoms with Gasteiger partial charge in [-0.05, 0) is 83.5 Å². The summed E-state index contributed by atoms with van der Waals surface area (Å²) in [7, 11) is -4.77. The SMILES string of the molecule is CCCC/C=C\C/C=C\CCCCCCCC(=O)OCC(O)COP(=O)(O)OCC(NC(=O)CCCCCCC/C=C\C/C=C\C/C=C\C/C=C\CCCCC)C(=O)O. The molecule has 0 spiro atoms. The molecular weight excluding hydrogens is 769 g/mol. The van der Waals surface area contributed by atoms with Crippen LogP contribution in [-0.4, -0.2) is 64.9 Å². The molecule has 0 rings (SSSR count). The second-order valence-electron chi connectivity index (χ2n) is 14.9. The van der Waals surface area contributed by atoms with Gasteiger partial charge in [-0.15, -0.1) is 0 Å². The highest BCUT2D eigenvalue weighted by Gasteiger charge is 2.28. The van der Waals surface area contributed by atoms with Crippen molar-refractivity contribution in [2.45, 2.75) is 187 Å². The maximum Gasteiger partial charge on any atom is 0.472 e. The van der Waals surface area contributed by atoms with Gasteiger partial charge >= 0.3 is 19.8 Å². The van der Waals surface area contributed by atoms with Crippen LogP contribution in [-0.2, 0) is 32.7 Å². The van der Waals surface area contributed by atoms with Crippen LogP contribution in [0.3, 0.4) is 0 Å². The van der Waals surface area contributed by atoms with Crippen molar-refractivity contribution >= 4 is 25.7 Å². The molecule has 3 atom stereocenters. The Kier molecular flexibility index (Phi) is 39.5. The number of amides is 1. The van der Waals surface area contributed by atoms with Gasteiger partial charge in [0.1, 0.15) is 12.7 Å². The van der Waals surface area contributed by atoms with Crippen LogP contribution in [0.25, 0.3) is 0 Å². The molecule has 11 nitrogen and oxygen atoms in total. The number of phosphoric acid groups is 1. The zero-order valence-corrected chi connectivity index (χ0v) is 37.4. The van der Waals surface area contributed by atoms with Crippen LogP contribution in [0.15, 0.2) is 72.9 Å². The minimum absolute atomic E-state index is 0.120. The molecule has 0 saturated heterocycles. The molecule has 0 aromatic rings. The minimum Gasteiger partial charge on any atom is -0.480 e. The van der Waals surface area contributed by atoms with Crippen molar-refractivity contribution in [2.75, 3.05) is 19.8 Å². The van der Waals surface area contributed by atoms with Gasteiger partial charge in [0.05, 0.1) is 13.2 Å². The first-order valence-corrected chi connectivity index (χ1v) is 24.0. The molecule has 0 radical (unpaired) electrons. The number of nitrogens with one attached hydrogen (secondary N) is 1. The number of carboxylic acid groups (broad SMARTS) is 1. The maximum absolute atomic E-state index is 12.3. The third-order valence-corrected chi connectivity index (χ3v) is 10.2. The molecule has 0 fully saturated rings. The van der Waals surface area contributed by atoms with Crippen LogP contribution >= 0.6 is 7.82 Å². The van der Waals surface area contributed by atoms with E-state index in [2.05, 4.69) is 92.1 Å². The number of allylic oxidation sites excluding steroid dienone is 12. The highest BCUT2D eigenvalue weighted by atomic mass is 31.2. The van der Waals surface area contributed by atoms with E-state index in [9.17, 15) is 34.1 Å². The Morgan fingerprint density at radius 2 is 0.949 bits per heavy atom. The molecular formula is C47H80NO10P. The Morgan fingerprint density at radius 3 is 1.44 bits per heavy atom. The first-order chi connectivity index (χ1) is 28.6. The van der Waals surface area contributed by atoms with Gasteiger partial charge in [-0.3, -0.25) is 18.6 Å². The van der Waals surface area contributed by atoms with Gasteiger partial charge in [-0.2, -0.15) is 0 Å². The highest BCUT2D eigenvalue weighted by Crippen LogP contribution is 2.43. The number of phosphoric ester groups is 1. The predicted molar refractivity (Wildman–Crippen MR) is 240 cm³/mol. The third kappa shape index (κ3) is 41.4. The molecule has 1 amide bonds. The molecule has 0 heterocycles. The second-order valence-corrected chi connectivity index (χ2v) is 16.3. The largest absolute Gasteiger partial charge is 0.480 e. The molecule has 59 heavy (non-hydrogen) atoms. The average molecular weight is 850 g/mol. The molecule has 0 saturated carbocycles. The molecule has 0 aromatic heterocycles. The summed E-state index contributed by atoms with van der Waals surface area (Å²) in [4.78, 5) is 45.9. The lowest BCUT2D eigenvalue weighted by molar-refractivity contribution is -0.147. The molecule has 0 aromatic carbocycles. The summed E-state index contributed by atoms with van der Waals surface area (Å²) in [5, 5.41) is 21.8. The number of unbranched alkanes of at least 4 members (excludes halogenated alkanes) is 15. The summed E-state index contributed by atoms with van der Waals surface area (Å²) >= 11 is 0. The summed E-state index contributed by atoms with van der Waals surface area (Å²) < 4.78 is 26.8. The van der Waals surface area contributed by atoms with Crippen LogP contribution in [0, 0.1) is 0 Å². The van der Waals surface area contributed by atoms with Crippen molar-refractivity contribution in [1.29, 1.82) is 0 Å². The number of hydrogen-bond donors (Lipinski definition) is 4. The van der Waals surface area contributed by atoms with Crippen LogP contribution in [0.2, 0.25) is 0 Å². The van der Waals surface area contributed by atoms with Gasteiger partial charge in [0.2, 0.25) is 5.91 Å². The van der Waals surface area contributed by atoms with Gasteiger partial charge in [-0.25, -0.2) is 9.36 Å². The van der Waals surface area contributed by atoms with Gasteiger partial charge < -0.3 is 25.2 Å². The number of esters is 1. The quantitative estimate of drug-likeness (QED) is 0.0201. The fourth-order valence-electron chi connectivity index (χ4n) is 5.67. The van der Waals surface area contributed by atoms with Crippen LogP contribution in [0.5, 0.6) is 0 Å². The van der Waals surface area contributed by atoms with E-state index in [1.54, 1.807) is 0 Å². The first-order valence-electron chi connectivity index (χ1n) is 22.5. The number of aliphatic hydroxyl groups excluding tert-OH is 1. The van der Waals surface area contributed by atoms with E-state index >= 15 is 0 Å². The van der Waals surface area contributed by atoms with E-state index in [0.29, 0.717) is 12.8 Å². The van der Waals surface area contributed by atoms with E-state index < -0.39 is 57.6 Å². The smallest absolute Gasteiger partial charge is 0.472 e. The predicted octanol–water partition coefficient (Wildman–Crippen LogP) is 11.7. The Morgan fingerprint density at radius 1 is 0.542 bits per heavy atom. The lowest BCUT2D eigenvalue weighted by atomic mass is 10.1. The third-order valence-electron chi connectivity index (χ3n) is 9.22. The molecule has 3 unspecified atom stereocenters. The fraction of sp³-hybridized carbons (Fsp3) is 0.681. The molecule has 12 heteroatoms. The molecule has 0 bridgehead atoms. The number of hydrogen-bond acceptors (Lipinski definition) is 8. The van der Waals surface area contributed by atoms with Crippen LogP contribution in [0.1, 0.15) is 174 Å². The monoisotopic (exact) mass is 850 g/mol. The number of ether oxygens (including phenoxy) is 1. The molecule has 0 aliphatic carbocycles. The number of aliphatic hydroxyl groups is 1. The van der Waals surface area contributed by atoms with Gasteiger partial charge in [0.15, 0.2) is 6.04 Å². The first kappa shape index (κ1) is 55.9. The lowest BCUT2D eigenvalue weighted by Crippen LogP contribution is -2.43. The number of carbonyl (C=O) groups excluding carboxylic acids is 2. The van der Waals surface area contributed by atoms with Crippen molar-refractivity contribution < 1.29 is 47.8 Å². The van der Waals surface area contributed by atoms with Crippen molar-refractivity contribution in [1.82, 2.24) is 5.32 Å². The molecule has 338 valence electrons. The normalized spacial score (nSPS) is 14.4. The van der Waals surface area contributed by atoms with Crippen molar-refractivity contribution in [3.05, 3.63) is 72.9 Å². The Labute approximate surface area is 357 Å². The average Bonchev–Trinajstić information content (AvgIpc) is 3.21. The minimum atomic E-state index is -4.77. The summed E-state index contributed by atoms with van der Waals surface area (Å²) in [6.07, 6.45) is 49.2. The number of carbonyl (C=O) groups is 3. The Hall–Kier alpha value is -3.08. The number of carboxylic acids is 1. The molecule has 4 N–H and O–H groups in total. The van der Waals surface area contributed by atoms with Crippen molar-refractivity contribution in [3.63, 3.8) is 0 Å². The van der Waals surface area contributed by atoms with Crippen LogP contribution < -0.4 is 5.32 Å². The zero-order valence-electron chi connectivity index (χ0n) is 36.5. The van der Waals surface area contributed by atoms with Crippen molar-refractivity contribution in [2.24, 2.45) is 0 Å². The lowest BCUT2D eigenvalue weighted by Gasteiger charge is -2.18. The number of aliphatic carboxylic acids is 1. The molecule has 0 aliphatic heterocycles. The van der Waals surface area contributed by atoms with Gasteiger partial charge in [0.25, 0.3) is 0 Å². The summed E-state index contributed by atoms with van der Waals surface area (Å²) in [6, 6.07) is -1.56. The number of rotatable bonds is 41. The van der Waals surface area contributed by atoms with E-state index in [-0.39, 0.29) is 12.8 Å². The standard InChI is InChI=1S/C47H80NO10P/c1-3-5-7-9-11-13-15-17-19-20-21-22-23-24-25-26-28-30-32-34-36-38-45(50)48-44(47(52)53)42-58-59(54,55)57-41-43(49)40-56-46(51)39-37-35-33-31-29-27-18-16-14-12-10-8-6-4-2/h10-13,16-19,21-22,24-25,43-44,49H,3-9,14-15,20,23,26-42H2,1-2H3,(H,48,50)(H,52,53)(H,54,55)/b12-10-,13-11-,18-16-,19-17-,22-21-,25-24-. The van der Waals surface area contributed by atoms with Gasteiger partial charge in [-0.1, -0.05) is 151 Å². The van der Waals surface area contributed by atoms with E-state index in [1.807, 2.05) is 0 Å². The second kappa shape index (κ2) is 41.6.